The van der Waals surface area contributed by atoms with E-state index in [0.717, 1.165) is 22.2 Å². The van der Waals surface area contributed by atoms with Crippen molar-refractivity contribution in [3.8, 4) is 22.9 Å². The molecule has 4 aromatic rings. The van der Waals surface area contributed by atoms with Crippen molar-refractivity contribution in [1.29, 1.82) is 0 Å². The van der Waals surface area contributed by atoms with Gasteiger partial charge in [0.15, 0.2) is 5.82 Å². The van der Waals surface area contributed by atoms with Gasteiger partial charge in [-0.1, -0.05) is 11.6 Å². The van der Waals surface area contributed by atoms with E-state index in [9.17, 15) is 0 Å². The van der Waals surface area contributed by atoms with Crippen molar-refractivity contribution in [2.75, 3.05) is 19.5 Å². The van der Waals surface area contributed by atoms with Crippen molar-refractivity contribution in [2.24, 2.45) is 0 Å². The van der Waals surface area contributed by atoms with Crippen molar-refractivity contribution in [3.05, 3.63) is 65.9 Å². The van der Waals surface area contributed by atoms with Crippen molar-refractivity contribution >= 4 is 34.0 Å². The average Bonchev–Trinajstić information content (AvgIpc) is 2.74. The van der Waals surface area contributed by atoms with Crippen LogP contribution in [-0.4, -0.2) is 29.2 Å². The lowest BCUT2D eigenvalue weighted by Gasteiger charge is -2.14. The smallest absolute Gasteiger partial charge is 0.163 e. The number of anilines is 2. The highest BCUT2D eigenvalue weighted by atomic mass is 35.5. The molecule has 0 aliphatic heterocycles. The molecule has 1 N–H and O–H groups in total. The maximum atomic E-state index is 6.22. The SMILES string of the molecule is COc1ccc(OC)c(Nc2nc(-c3cccnc3)nc3ccc(Cl)cc23)c1. The maximum Gasteiger partial charge on any atom is 0.163 e. The van der Waals surface area contributed by atoms with E-state index in [1.165, 1.54) is 0 Å². The van der Waals surface area contributed by atoms with Gasteiger partial charge in [-0.3, -0.25) is 4.98 Å². The van der Waals surface area contributed by atoms with Gasteiger partial charge in [0.25, 0.3) is 0 Å². The first-order chi connectivity index (χ1) is 13.7. The van der Waals surface area contributed by atoms with Crippen molar-refractivity contribution in [1.82, 2.24) is 15.0 Å². The van der Waals surface area contributed by atoms with Gasteiger partial charge >= 0.3 is 0 Å². The zero-order chi connectivity index (χ0) is 19.5. The van der Waals surface area contributed by atoms with Crippen LogP contribution in [0, 0.1) is 0 Å². The Bertz CT molecular complexity index is 1140. The number of pyridine rings is 1. The van der Waals surface area contributed by atoms with E-state index in [-0.39, 0.29) is 0 Å². The van der Waals surface area contributed by atoms with Crippen LogP contribution in [0.25, 0.3) is 22.3 Å². The quantitative estimate of drug-likeness (QED) is 0.509. The first-order valence-electron chi connectivity index (χ1n) is 8.54. The third kappa shape index (κ3) is 3.54. The molecule has 4 rings (SSSR count). The average molecular weight is 393 g/mol. The Morgan fingerprint density at radius 2 is 1.86 bits per heavy atom. The molecule has 0 bridgehead atoms. The largest absolute Gasteiger partial charge is 0.497 e. The Morgan fingerprint density at radius 1 is 0.964 bits per heavy atom. The summed E-state index contributed by atoms with van der Waals surface area (Å²) >= 11 is 6.22. The summed E-state index contributed by atoms with van der Waals surface area (Å²) in [6.07, 6.45) is 3.44. The van der Waals surface area contributed by atoms with Gasteiger partial charge in [-0.05, 0) is 42.5 Å². The standard InChI is InChI=1S/C21H17ClN4O2/c1-27-15-6-8-19(28-2)18(11-15)25-21-16-10-14(22)5-7-17(16)24-20(26-21)13-4-3-9-23-12-13/h3-12H,1-2H3,(H,24,25,26). The number of fused-ring (bicyclic) bond motifs is 1. The molecular weight excluding hydrogens is 376 g/mol. The summed E-state index contributed by atoms with van der Waals surface area (Å²) in [6, 6.07) is 14.8. The molecule has 0 saturated heterocycles. The van der Waals surface area contributed by atoms with Gasteiger partial charge in [-0.2, -0.15) is 0 Å². The third-order valence-corrected chi connectivity index (χ3v) is 4.47. The highest BCUT2D eigenvalue weighted by Gasteiger charge is 2.13. The number of benzene rings is 2. The fraction of sp³-hybridized carbons (Fsp3) is 0.0952. The molecule has 2 heterocycles. The van der Waals surface area contributed by atoms with Gasteiger partial charge < -0.3 is 14.8 Å². The predicted octanol–water partition coefficient (Wildman–Crippen LogP) is 5.11. The van der Waals surface area contributed by atoms with E-state index in [1.54, 1.807) is 32.7 Å². The van der Waals surface area contributed by atoms with Gasteiger partial charge in [0.1, 0.15) is 17.3 Å². The second kappa shape index (κ2) is 7.70. The van der Waals surface area contributed by atoms with E-state index in [2.05, 4.69) is 15.3 Å². The Morgan fingerprint density at radius 3 is 2.61 bits per heavy atom. The number of hydrogen-bond donors (Lipinski definition) is 1. The van der Waals surface area contributed by atoms with Crippen LogP contribution in [0.4, 0.5) is 11.5 Å². The number of methoxy groups -OCH3 is 2. The van der Waals surface area contributed by atoms with Gasteiger partial charge in [0, 0.05) is 34.4 Å². The number of ether oxygens (including phenoxy) is 2. The monoisotopic (exact) mass is 392 g/mol. The normalized spacial score (nSPS) is 10.7. The number of hydrogen-bond acceptors (Lipinski definition) is 6. The Labute approximate surface area is 167 Å². The second-order valence-corrected chi connectivity index (χ2v) is 6.43. The topological polar surface area (TPSA) is 69.2 Å². The van der Waals surface area contributed by atoms with Gasteiger partial charge in [0.2, 0.25) is 0 Å². The predicted molar refractivity (Wildman–Crippen MR) is 111 cm³/mol. The molecule has 140 valence electrons. The van der Waals surface area contributed by atoms with E-state index in [1.807, 2.05) is 42.5 Å². The molecule has 0 unspecified atom stereocenters. The van der Waals surface area contributed by atoms with Crippen molar-refractivity contribution in [2.45, 2.75) is 0 Å². The van der Waals surface area contributed by atoms with Crippen molar-refractivity contribution < 1.29 is 9.47 Å². The Hall–Kier alpha value is -3.38. The van der Waals surface area contributed by atoms with Crippen LogP contribution >= 0.6 is 11.6 Å². The Kier molecular flexibility index (Phi) is 4.95. The van der Waals surface area contributed by atoms with Crippen LogP contribution in [0.2, 0.25) is 5.02 Å². The molecule has 0 amide bonds. The van der Waals surface area contributed by atoms with E-state index >= 15 is 0 Å². The molecule has 2 aromatic carbocycles. The lowest BCUT2D eigenvalue weighted by atomic mass is 10.2. The first kappa shape index (κ1) is 18.0. The van der Waals surface area contributed by atoms with Gasteiger partial charge in [0.05, 0.1) is 25.4 Å². The zero-order valence-electron chi connectivity index (χ0n) is 15.3. The summed E-state index contributed by atoms with van der Waals surface area (Å²) in [5.74, 6) is 2.54. The van der Waals surface area contributed by atoms with Crippen LogP contribution in [0.5, 0.6) is 11.5 Å². The summed E-state index contributed by atoms with van der Waals surface area (Å²) in [7, 11) is 3.23. The molecular formula is C21H17ClN4O2. The highest BCUT2D eigenvalue weighted by Crippen LogP contribution is 2.34. The number of nitrogens with zero attached hydrogens (tertiary/aromatic N) is 3. The minimum atomic E-state index is 0.562. The third-order valence-electron chi connectivity index (χ3n) is 4.24. The number of rotatable bonds is 5. The van der Waals surface area contributed by atoms with E-state index in [0.29, 0.717) is 28.2 Å². The van der Waals surface area contributed by atoms with E-state index < -0.39 is 0 Å². The summed E-state index contributed by atoms with van der Waals surface area (Å²) in [6.45, 7) is 0. The summed E-state index contributed by atoms with van der Waals surface area (Å²) in [4.78, 5) is 13.5. The Balaban J connectivity index is 1.89. The summed E-state index contributed by atoms with van der Waals surface area (Å²) < 4.78 is 10.8. The number of halogens is 1. The molecule has 0 saturated carbocycles. The van der Waals surface area contributed by atoms with Crippen molar-refractivity contribution in [3.63, 3.8) is 0 Å². The lowest BCUT2D eigenvalue weighted by molar-refractivity contribution is 0.405. The fourth-order valence-electron chi connectivity index (χ4n) is 2.86. The molecule has 0 spiro atoms. The molecule has 6 nitrogen and oxygen atoms in total. The summed E-state index contributed by atoms with van der Waals surface area (Å²) in [5, 5.41) is 4.74. The number of aromatic nitrogens is 3. The highest BCUT2D eigenvalue weighted by molar-refractivity contribution is 6.31. The second-order valence-electron chi connectivity index (χ2n) is 5.99. The molecule has 28 heavy (non-hydrogen) atoms. The molecule has 2 aromatic heterocycles. The van der Waals surface area contributed by atoms with Crippen LogP contribution in [0.1, 0.15) is 0 Å². The summed E-state index contributed by atoms with van der Waals surface area (Å²) in [5.41, 5.74) is 2.31. The zero-order valence-corrected chi connectivity index (χ0v) is 16.1. The van der Waals surface area contributed by atoms with Gasteiger partial charge in [-0.15, -0.1) is 0 Å². The molecule has 0 fully saturated rings. The van der Waals surface area contributed by atoms with Crippen LogP contribution in [-0.2, 0) is 0 Å². The minimum absolute atomic E-state index is 0.562. The minimum Gasteiger partial charge on any atom is -0.497 e. The molecule has 0 atom stereocenters. The molecule has 7 heteroatoms. The molecule has 0 aliphatic rings. The van der Waals surface area contributed by atoms with Gasteiger partial charge in [-0.25, -0.2) is 9.97 Å². The first-order valence-corrected chi connectivity index (χ1v) is 8.92. The fourth-order valence-corrected chi connectivity index (χ4v) is 3.03. The van der Waals surface area contributed by atoms with Crippen LogP contribution < -0.4 is 14.8 Å². The lowest BCUT2D eigenvalue weighted by Crippen LogP contribution is -2.01. The molecule has 0 radical (unpaired) electrons. The van der Waals surface area contributed by atoms with Crippen LogP contribution in [0.15, 0.2) is 60.9 Å². The maximum absolute atomic E-state index is 6.22. The molecule has 0 aliphatic carbocycles. The van der Waals surface area contributed by atoms with E-state index in [4.69, 9.17) is 26.1 Å². The number of nitrogens with one attached hydrogen (secondary N) is 1. The van der Waals surface area contributed by atoms with Crippen LogP contribution in [0.3, 0.4) is 0 Å².